The summed E-state index contributed by atoms with van der Waals surface area (Å²) in [4.78, 5) is 17.4. The number of nitrogens with one attached hydrogen (secondary N) is 2. The summed E-state index contributed by atoms with van der Waals surface area (Å²) < 4.78 is 5.39. The van der Waals surface area contributed by atoms with Crippen LogP contribution in [0.25, 0.3) is 0 Å². The summed E-state index contributed by atoms with van der Waals surface area (Å²) in [7, 11) is 0. The molecule has 0 spiro atoms. The van der Waals surface area contributed by atoms with Crippen molar-refractivity contribution in [2.45, 2.75) is 71.6 Å². The van der Waals surface area contributed by atoms with Crippen molar-refractivity contribution >= 4 is 17.4 Å². The van der Waals surface area contributed by atoms with Gasteiger partial charge >= 0.3 is 6.09 Å². The number of hydrogen-bond donors (Lipinski definition) is 2. The molecule has 6 heteroatoms. The topological polar surface area (TPSA) is 63.2 Å². The SMILES string of the molecule is CCC(CC)(CNC(C)c1cncs1)NC(=O)OC(C)(C)C. The Hall–Kier alpha value is -1.14. The number of amides is 1. The second kappa shape index (κ2) is 7.92. The van der Waals surface area contributed by atoms with Gasteiger partial charge in [0.25, 0.3) is 0 Å². The van der Waals surface area contributed by atoms with Crippen molar-refractivity contribution < 1.29 is 9.53 Å². The fourth-order valence-electron chi connectivity index (χ4n) is 2.13. The average Bonchev–Trinajstić information content (AvgIpc) is 2.95. The van der Waals surface area contributed by atoms with Crippen LogP contribution in [0.1, 0.15) is 65.3 Å². The van der Waals surface area contributed by atoms with E-state index in [1.54, 1.807) is 11.3 Å². The number of carbonyl (C=O) groups excluding carboxylic acids is 1. The third-order valence-corrected chi connectivity index (χ3v) is 4.70. The molecule has 0 aromatic carbocycles. The lowest BCUT2D eigenvalue weighted by molar-refractivity contribution is 0.0444. The first-order valence-corrected chi connectivity index (χ1v) is 8.72. The molecule has 22 heavy (non-hydrogen) atoms. The largest absolute Gasteiger partial charge is 0.444 e. The highest BCUT2D eigenvalue weighted by atomic mass is 32.1. The molecule has 1 aromatic heterocycles. The number of thiazole rings is 1. The fourth-order valence-corrected chi connectivity index (χ4v) is 2.78. The molecule has 0 saturated heterocycles. The number of alkyl carbamates (subject to hydrolysis) is 1. The van der Waals surface area contributed by atoms with Crippen LogP contribution in [0.3, 0.4) is 0 Å². The van der Waals surface area contributed by atoms with Crippen LogP contribution in [0, 0.1) is 0 Å². The quantitative estimate of drug-likeness (QED) is 0.798. The lowest BCUT2D eigenvalue weighted by atomic mass is 9.92. The first-order valence-electron chi connectivity index (χ1n) is 7.84. The maximum Gasteiger partial charge on any atom is 0.408 e. The van der Waals surface area contributed by atoms with Crippen LogP contribution in [0.5, 0.6) is 0 Å². The van der Waals surface area contributed by atoms with Gasteiger partial charge in [0.05, 0.1) is 11.0 Å². The molecule has 126 valence electrons. The van der Waals surface area contributed by atoms with E-state index in [-0.39, 0.29) is 17.7 Å². The molecule has 1 atom stereocenters. The predicted molar refractivity (Wildman–Crippen MR) is 91.2 cm³/mol. The van der Waals surface area contributed by atoms with Gasteiger partial charge in [-0.05, 0) is 40.5 Å². The number of rotatable bonds is 7. The minimum absolute atomic E-state index is 0.213. The highest BCUT2D eigenvalue weighted by molar-refractivity contribution is 7.09. The molecule has 0 aliphatic heterocycles. The van der Waals surface area contributed by atoms with Gasteiger partial charge in [-0.15, -0.1) is 11.3 Å². The van der Waals surface area contributed by atoms with E-state index in [1.807, 2.05) is 32.5 Å². The number of nitrogens with zero attached hydrogens (tertiary/aromatic N) is 1. The van der Waals surface area contributed by atoms with Crippen LogP contribution in [0.4, 0.5) is 4.79 Å². The highest BCUT2D eigenvalue weighted by Gasteiger charge is 2.30. The van der Waals surface area contributed by atoms with E-state index < -0.39 is 5.60 Å². The third kappa shape index (κ3) is 5.93. The molecule has 0 saturated carbocycles. The zero-order valence-corrected chi connectivity index (χ0v) is 15.3. The van der Waals surface area contributed by atoms with E-state index in [0.717, 1.165) is 12.8 Å². The van der Waals surface area contributed by atoms with Crippen molar-refractivity contribution in [1.82, 2.24) is 15.6 Å². The van der Waals surface area contributed by atoms with Crippen molar-refractivity contribution in [3.8, 4) is 0 Å². The van der Waals surface area contributed by atoms with Gasteiger partial charge in [-0.1, -0.05) is 13.8 Å². The van der Waals surface area contributed by atoms with Gasteiger partial charge in [-0.2, -0.15) is 0 Å². The van der Waals surface area contributed by atoms with E-state index in [1.165, 1.54) is 4.88 Å². The Morgan fingerprint density at radius 1 is 1.36 bits per heavy atom. The van der Waals surface area contributed by atoms with Crippen LogP contribution < -0.4 is 10.6 Å². The molecule has 2 N–H and O–H groups in total. The minimum Gasteiger partial charge on any atom is -0.444 e. The lowest BCUT2D eigenvalue weighted by Gasteiger charge is -2.35. The molecule has 0 bridgehead atoms. The Kier molecular flexibility index (Phi) is 6.81. The molecule has 1 heterocycles. The molecule has 1 unspecified atom stereocenters. The van der Waals surface area contributed by atoms with Crippen molar-refractivity contribution in [2.24, 2.45) is 0 Å². The fraction of sp³-hybridized carbons (Fsp3) is 0.750. The number of carbonyl (C=O) groups is 1. The number of hydrogen-bond acceptors (Lipinski definition) is 5. The van der Waals surface area contributed by atoms with Crippen molar-refractivity contribution in [1.29, 1.82) is 0 Å². The molecular weight excluding hydrogens is 298 g/mol. The molecule has 0 radical (unpaired) electrons. The molecule has 0 aliphatic rings. The maximum absolute atomic E-state index is 12.1. The monoisotopic (exact) mass is 327 g/mol. The van der Waals surface area contributed by atoms with Crippen LogP contribution >= 0.6 is 11.3 Å². The lowest BCUT2D eigenvalue weighted by Crippen LogP contribution is -2.55. The van der Waals surface area contributed by atoms with Crippen LogP contribution in [0.2, 0.25) is 0 Å². The standard InChI is InChI=1S/C16H29N3O2S/c1-7-16(8-2,19-14(20)21-15(4,5)6)10-18-12(3)13-9-17-11-22-13/h9,11-12,18H,7-8,10H2,1-6H3,(H,19,20). The van der Waals surface area contributed by atoms with E-state index >= 15 is 0 Å². The summed E-state index contributed by atoms with van der Waals surface area (Å²) >= 11 is 1.63. The summed E-state index contributed by atoms with van der Waals surface area (Å²) in [6.45, 7) is 12.6. The van der Waals surface area contributed by atoms with Crippen LogP contribution in [-0.2, 0) is 4.74 Å². The molecule has 5 nitrogen and oxygen atoms in total. The number of aromatic nitrogens is 1. The van der Waals surface area contributed by atoms with Gasteiger partial charge in [0.15, 0.2) is 0 Å². The summed E-state index contributed by atoms with van der Waals surface area (Å²) in [5, 5.41) is 6.55. The Balaban J connectivity index is 2.64. The smallest absolute Gasteiger partial charge is 0.408 e. The molecule has 0 aliphatic carbocycles. The Bertz CT molecular complexity index is 450. The Morgan fingerprint density at radius 3 is 2.45 bits per heavy atom. The maximum atomic E-state index is 12.1. The minimum atomic E-state index is -0.485. The third-order valence-electron chi connectivity index (χ3n) is 3.74. The summed E-state index contributed by atoms with van der Waals surface area (Å²) in [6.07, 6.45) is 3.20. The summed E-state index contributed by atoms with van der Waals surface area (Å²) in [5.74, 6) is 0. The molecule has 0 fully saturated rings. The van der Waals surface area contributed by atoms with Gasteiger partial charge in [-0.25, -0.2) is 4.79 Å². The van der Waals surface area contributed by atoms with Crippen LogP contribution in [0.15, 0.2) is 11.7 Å². The van der Waals surface area contributed by atoms with E-state index in [0.29, 0.717) is 6.54 Å². The van der Waals surface area contributed by atoms with Gasteiger partial charge in [0, 0.05) is 23.7 Å². The average molecular weight is 327 g/mol. The van der Waals surface area contributed by atoms with Gasteiger partial charge in [0.1, 0.15) is 5.60 Å². The zero-order valence-electron chi connectivity index (χ0n) is 14.5. The Morgan fingerprint density at radius 2 is 2.00 bits per heavy atom. The predicted octanol–water partition coefficient (Wildman–Crippen LogP) is 3.88. The second-order valence-electron chi connectivity index (χ2n) is 6.62. The van der Waals surface area contributed by atoms with Crippen molar-refractivity contribution in [3.63, 3.8) is 0 Å². The van der Waals surface area contributed by atoms with E-state index in [9.17, 15) is 4.79 Å². The Labute approximate surface area is 137 Å². The van der Waals surface area contributed by atoms with Gasteiger partial charge in [-0.3, -0.25) is 4.98 Å². The number of ether oxygens (including phenoxy) is 1. The molecule has 1 amide bonds. The molecular formula is C16H29N3O2S. The summed E-state index contributed by atoms with van der Waals surface area (Å²) in [5.41, 5.74) is 1.04. The van der Waals surface area contributed by atoms with E-state index in [2.05, 4.69) is 36.4 Å². The van der Waals surface area contributed by atoms with Crippen molar-refractivity contribution in [3.05, 3.63) is 16.6 Å². The highest BCUT2D eigenvalue weighted by Crippen LogP contribution is 2.20. The molecule has 1 rings (SSSR count). The van der Waals surface area contributed by atoms with Crippen molar-refractivity contribution in [2.75, 3.05) is 6.54 Å². The van der Waals surface area contributed by atoms with Gasteiger partial charge < -0.3 is 15.4 Å². The van der Waals surface area contributed by atoms with Crippen LogP contribution in [-0.4, -0.2) is 28.8 Å². The summed E-state index contributed by atoms with van der Waals surface area (Å²) in [6, 6.07) is 0.213. The zero-order chi connectivity index (χ0) is 16.8. The van der Waals surface area contributed by atoms with E-state index in [4.69, 9.17) is 4.74 Å². The first kappa shape index (κ1) is 18.9. The molecule has 1 aromatic rings. The second-order valence-corrected chi connectivity index (χ2v) is 7.54. The van der Waals surface area contributed by atoms with Gasteiger partial charge in [0.2, 0.25) is 0 Å². The first-order chi connectivity index (χ1) is 10.2. The normalized spacial score (nSPS) is 13.7.